The van der Waals surface area contributed by atoms with E-state index in [1.54, 1.807) is 0 Å². The Morgan fingerprint density at radius 1 is 0.161 bits per heavy atom. The lowest BCUT2D eigenvalue weighted by Crippen LogP contribution is -2.01. The molecule has 0 fully saturated rings. The smallest absolute Gasteiger partial charge is 0.164 e. The Hall–Kier alpha value is -16.0. The van der Waals surface area contributed by atoms with Crippen LogP contribution in [0.3, 0.4) is 0 Å². The highest BCUT2D eigenvalue weighted by Crippen LogP contribution is 2.51. The zero-order valence-electron chi connectivity index (χ0n) is 67.0. The summed E-state index contributed by atoms with van der Waals surface area (Å²) in [6.07, 6.45) is 0. The largest absolute Gasteiger partial charge is 0.309 e. The number of rotatable bonds is 14. The highest BCUT2D eigenvalue weighted by Gasteiger charge is 2.26. The van der Waals surface area contributed by atoms with Crippen LogP contribution in [0, 0.1) is 0 Å². The summed E-state index contributed by atoms with van der Waals surface area (Å²) in [5.74, 6) is 3.77. The van der Waals surface area contributed by atoms with Crippen molar-refractivity contribution in [2.24, 2.45) is 0 Å². The normalized spacial score (nSPS) is 11.5. The van der Waals surface area contributed by atoms with Gasteiger partial charge in [0.25, 0.3) is 0 Å². The first-order valence-electron chi connectivity index (χ1n) is 41.7. The molecule has 0 saturated heterocycles. The van der Waals surface area contributed by atoms with Gasteiger partial charge in [0.05, 0.1) is 22.1 Å². The van der Waals surface area contributed by atoms with Crippen LogP contribution in [0.4, 0.5) is 0 Å². The van der Waals surface area contributed by atoms with Gasteiger partial charge in [0, 0.05) is 107 Å². The van der Waals surface area contributed by atoms with Crippen LogP contribution in [0.2, 0.25) is 0 Å². The summed E-state index contributed by atoms with van der Waals surface area (Å²) in [4.78, 5) is 31.3. The summed E-state index contributed by atoms with van der Waals surface area (Å²) in [6.45, 7) is 0. The zero-order valence-corrected chi connectivity index (χ0v) is 68.6. The first-order chi connectivity index (χ1) is 61.5. The molecule has 124 heavy (non-hydrogen) atoms. The van der Waals surface area contributed by atoms with Crippen molar-refractivity contribution < 1.29 is 0 Å². The summed E-state index contributed by atoms with van der Waals surface area (Å²) < 4.78 is 9.85. The molecular formula is C114H72N8S2. The molecule has 6 aromatic heterocycles. The Balaban J connectivity index is 0.000000143. The lowest BCUT2D eigenvalue weighted by molar-refractivity contribution is 1.07. The minimum absolute atomic E-state index is 0.622. The summed E-state index contributed by atoms with van der Waals surface area (Å²) in [5, 5.41) is 10.0. The number of aromatic nitrogens is 8. The maximum absolute atomic E-state index is 5.32. The average molecular weight is 1620 g/mol. The minimum atomic E-state index is 0.622. The van der Waals surface area contributed by atoms with Crippen LogP contribution < -0.4 is 0 Å². The monoisotopic (exact) mass is 1620 g/mol. The molecule has 580 valence electrons. The molecule has 0 amide bonds. The number of para-hydroxylation sites is 4. The summed E-state index contributed by atoms with van der Waals surface area (Å²) >= 11 is 3.74. The molecule has 8 nitrogen and oxygen atoms in total. The lowest BCUT2D eigenvalue weighted by atomic mass is 9.89. The molecule has 0 aliphatic rings. The fraction of sp³-hybridized carbons (Fsp3) is 0. The summed E-state index contributed by atoms with van der Waals surface area (Å²) in [6, 6.07) is 155. The predicted molar refractivity (Wildman–Crippen MR) is 519 cm³/mol. The standard InChI is InChI=1S/2C57H36N4S/c1-5-18-37(19-6-1)42-26-13-14-27-43(42)40-32-33-44(48(36-40)57-59-55(38-20-7-2-8-21-38)58-56(60-57)39-22-9-3-10-23-39)45-29-17-31-51-52(45)47-34-35-50-53(54(47)62-51)46-28-15-16-30-49(46)61(50)41-24-11-4-12-25-41;1-5-17-37(18-6-1)43-25-13-14-26-44(43)40-29-31-45(49(36-40)57-59-55(38-19-7-2-8-20-38)58-56(60-57)39-21-9-3-10-22-39)41-30-34-52-48(35-41)46-32-33-51-53(54(46)62-52)47-27-15-16-28-50(47)61(51)42-23-11-4-12-24-42/h2*1-36H. The van der Waals surface area contributed by atoms with Gasteiger partial charge in [-0.3, -0.25) is 0 Å². The molecule has 24 rings (SSSR count). The first-order valence-corrected chi connectivity index (χ1v) is 43.3. The first kappa shape index (κ1) is 73.2. The van der Waals surface area contributed by atoms with Gasteiger partial charge < -0.3 is 9.13 Å². The maximum Gasteiger partial charge on any atom is 0.164 e. The fourth-order valence-corrected chi connectivity index (χ4v) is 20.6. The van der Waals surface area contributed by atoms with Gasteiger partial charge in [0.1, 0.15) is 0 Å². The number of nitrogens with zero attached hydrogens (tertiary/aromatic N) is 8. The van der Waals surface area contributed by atoms with E-state index in [4.69, 9.17) is 29.9 Å². The van der Waals surface area contributed by atoms with E-state index in [0.29, 0.717) is 34.9 Å². The molecule has 10 heteroatoms. The predicted octanol–water partition coefficient (Wildman–Crippen LogP) is 30.7. The highest BCUT2D eigenvalue weighted by atomic mass is 32.1. The third-order valence-electron chi connectivity index (χ3n) is 23.8. The van der Waals surface area contributed by atoms with Gasteiger partial charge in [-0.1, -0.05) is 358 Å². The number of hydrogen-bond donors (Lipinski definition) is 0. The van der Waals surface area contributed by atoms with Gasteiger partial charge in [-0.2, -0.15) is 0 Å². The molecule has 24 aromatic rings. The van der Waals surface area contributed by atoms with E-state index in [0.717, 1.165) is 89.3 Å². The van der Waals surface area contributed by atoms with Crippen molar-refractivity contribution in [3.8, 4) is 146 Å². The second-order valence-corrected chi connectivity index (χ2v) is 33.2. The van der Waals surface area contributed by atoms with Gasteiger partial charge in [0.2, 0.25) is 0 Å². The molecule has 0 bridgehead atoms. The van der Waals surface area contributed by atoms with Gasteiger partial charge in [0.15, 0.2) is 34.9 Å². The second-order valence-electron chi connectivity index (χ2n) is 31.1. The summed E-state index contributed by atoms with van der Waals surface area (Å²) in [7, 11) is 0. The zero-order chi connectivity index (χ0) is 82.0. The molecule has 0 radical (unpaired) electrons. The van der Waals surface area contributed by atoms with Crippen LogP contribution in [0.5, 0.6) is 0 Å². The van der Waals surface area contributed by atoms with E-state index in [1.165, 1.54) is 106 Å². The van der Waals surface area contributed by atoms with Crippen molar-refractivity contribution >= 4 is 107 Å². The van der Waals surface area contributed by atoms with Crippen molar-refractivity contribution in [1.82, 2.24) is 39.0 Å². The third kappa shape index (κ3) is 13.1. The molecule has 0 atom stereocenters. The maximum atomic E-state index is 5.32. The molecule has 0 N–H and O–H groups in total. The van der Waals surface area contributed by atoms with Crippen LogP contribution >= 0.6 is 22.7 Å². The SMILES string of the molecule is c1ccc(-c2nc(-c3ccccc3)nc(-c3cc(-c4ccccc4-c4ccccc4)ccc3-c3ccc4sc5c(ccc6c5c5ccccc5n6-c5ccccc5)c4c3)n2)cc1.c1ccc(-c2nc(-c3ccccc3)nc(-c3cc(-c4ccccc4-c4ccccc4)ccc3-c3cccc4sc5c(ccc6c5c5ccccc5n6-c5ccccc5)c34)n2)cc1. The Bertz CT molecular complexity index is 8080. The van der Waals surface area contributed by atoms with Crippen molar-refractivity contribution in [2.45, 2.75) is 0 Å². The second kappa shape index (κ2) is 31.3. The van der Waals surface area contributed by atoms with E-state index in [2.05, 4.69) is 373 Å². The Morgan fingerprint density at radius 3 is 0.935 bits per heavy atom. The quantitative estimate of drug-likeness (QED) is 0.108. The van der Waals surface area contributed by atoms with Gasteiger partial charge >= 0.3 is 0 Å². The summed E-state index contributed by atoms with van der Waals surface area (Å²) in [5.41, 5.74) is 26.3. The average Bonchev–Trinajstić information content (AvgIpc) is 1.57. The topological polar surface area (TPSA) is 87.2 Å². The molecule has 6 heterocycles. The molecule has 0 saturated carbocycles. The molecule has 0 spiro atoms. The number of benzene rings is 18. The molecule has 0 unspecified atom stereocenters. The van der Waals surface area contributed by atoms with Crippen molar-refractivity contribution in [3.05, 3.63) is 437 Å². The van der Waals surface area contributed by atoms with Crippen LogP contribution in [-0.4, -0.2) is 39.0 Å². The lowest BCUT2D eigenvalue weighted by Gasteiger charge is -2.16. The Labute approximate surface area is 723 Å². The van der Waals surface area contributed by atoms with E-state index in [9.17, 15) is 0 Å². The molecular weight excluding hydrogens is 1550 g/mol. The van der Waals surface area contributed by atoms with Gasteiger partial charge in [-0.25, -0.2) is 29.9 Å². The van der Waals surface area contributed by atoms with Crippen molar-refractivity contribution in [1.29, 1.82) is 0 Å². The van der Waals surface area contributed by atoms with E-state index < -0.39 is 0 Å². The minimum Gasteiger partial charge on any atom is -0.309 e. The van der Waals surface area contributed by atoms with Crippen molar-refractivity contribution in [2.75, 3.05) is 0 Å². The molecule has 0 aliphatic carbocycles. The van der Waals surface area contributed by atoms with Crippen LogP contribution in [0.1, 0.15) is 0 Å². The Kier molecular flexibility index (Phi) is 18.5. The highest BCUT2D eigenvalue weighted by molar-refractivity contribution is 7.27. The number of hydrogen-bond acceptors (Lipinski definition) is 8. The van der Waals surface area contributed by atoms with E-state index >= 15 is 0 Å². The third-order valence-corrected chi connectivity index (χ3v) is 26.2. The number of thiophene rings is 2. The van der Waals surface area contributed by atoms with Gasteiger partial charge in [-0.15, -0.1) is 22.7 Å². The molecule has 0 aliphatic heterocycles. The van der Waals surface area contributed by atoms with Crippen LogP contribution in [0.25, 0.3) is 230 Å². The van der Waals surface area contributed by atoms with E-state index in [-0.39, 0.29) is 0 Å². The molecule has 18 aromatic carbocycles. The van der Waals surface area contributed by atoms with Crippen LogP contribution in [0.15, 0.2) is 437 Å². The van der Waals surface area contributed by atoms with Crippen molar-refractivity contribution in [3.63, 3.8) is 0 Å². The van der Waals surface area contributed by atoms with Gasteiger partial charge in [-0.05, 0) is 146 Å². The van der Waals surface area contributed by atoms with Crippen LogP contribution in [-0.2, 0) is 0 Å². The van der Waals surface area contributed by atoms with E-state index in [1.807, 2.05) is 95.5 Å². The fourth-order valence-electron chi connectivity index (χ4n) is 18.1. The number of fused-ring (bicyclic) bond motifs is 14. The Morgan fingerprint density at radius 2 is 0.484 bits per heavy atom.